The summed E-state index contributed by atoms with van der Waals surface area (Å²) < 4.78 is 1.58. The van der Waals surface area contributed by atoms with E-state index in [-0.39, 0.29) is 12.5 Å². The number of hydrogen-bond acceptors (Lipinski definition) is 6. The summed E-state index contributed by atoms with van der Waals surface area (Å²) in [5.41, 5.74) is 0. The van der Waals surface area contributed by atoms with E-state index in [0.717, 1.165) is 13.0 Å². The van der Waals surface area contributed by atoms with Crippen molar-refractivity contribution in [2.75, 3.05) is 27.2 Å². The first-order valence-electron chi connectivity index (χ1n) is 8.39. The number of amides is 1. The first-order valence-corrected chi connectivity index (χ1v) is 8.39. The number of nitrogens with one attached hydrogen (secondary N) is 1. The molecule has 0 saturated carbocycles. The molecule has 8 nitrogen and oxygen atoms in total. The molecule has 0 bridgehead atoms. The molecule has 2 heterocycles. The smallest absolute Gasteiger partial charge is 0.241 e. The number of carbonyl (C=O) groups is 1. The number of aromatic nitrogens is 4. The molecule has 1 amide bonds. The van der Waals surface area contributed by atoms with Crippen LogP contribution >= 0.6 is 0 Å². The van der Waals surface area contributed by atoms with Crippen molar-refractivity contribution in [2.24, 2.45) is 0 Å². The van der Waals surface area contributed by atoms with Crippen LogP contribution in [0, 0.1) is 0 Å². The van der Waals surface area contributed by atoms with Crippen molar-refractivity contribution in [3.8, 4) is 0 Å². The number of hydrogen-bond donors (Lipinski definition) is 1. The molecular formula is C15H29N7O. The molecular weight excluding hydrogens is 294 g/mol. The number of piperidine rings is 1. The Morgan fingerprint density at radius 2 is 2.22 bits per heavy atom. The van der Waals surface area contributed by atoms with E-state index in [9.17, 15) is 4.79 Å². The molecule has 1 aromatic heterocycles. The van der Waals surface area contributed by atoms with Gasteiger partial charge in [0.2, 0.25) is 5.91 Å². The Kier molecular flexibility index (Phi) is 6.47. The highest BCUT2D eigenvalue weighted by molar-refractivity contribution is 5.75. The predicted octanol–water partition coefficient (Wildman–Crippen LogP) is 0.114. The highest BCUT2D eigenvalue weighted by atomic mass is 16.2. The number of nitrogens with zero attached hydrogens (tertiary/aromatic N) is 6. The van der Waals surface area contributed by atoms with Gasteiger partial charge in [-0.05, 0) is 57.8 Å². The molecule has 1 aliphatic rings. The zero-order valence-electron chi connectivity index (χ0n) is 14.7. The van der Waals surface area contributed by atoms with Crippen molar-refractivity contribution in [1.82, 2.24) is 35.3 Å². The highest BCUT2D eigenvalue weighted by Crippen LogP contribution is 2.13. The lowest BCUT2D eigenvalue weighted by atomic mass is 10.0. The van der Waals surface area contributed by atoms with Crippen LogP contribution in [0.15, 0.2) is 0 Å². The summed E-state index contributed by atoms with van der Waals surface area (Å²) in [6.07, 6.45) is 3.63. The molecule has 0 aliphatic carbocycles. The van der Waals surface area contributed by atoms with Crippen molar-refractivity contribution in [2.45, 2.75) is 58.3 Å². The lowest BCUT2D eigenvalue weighted by Crippen LogP contribution is -2.45. The molecule has 0 radical (unpaired) electrons. The second-order valence-corrected chi connectivity index (χ2v) is 6.70. The summed E-state index contributed by atoms with van der Waals surface area (Å²) in [5, 5.41) is 14.7. The summed E-state index contributed by atoms with van der Waals surface area (Å²) in [7, 11) is 4.14. The van der Waals surface area contributed by atoms with Crippen LogP contribution in [0.1, 0.15) is 38.9 Å². The van der Waals surface area contributed by atoms with Crippen LogP contribution < -0.4 is 5.32 Å². The van der Waals surface area contributed by atoms with Gasteiger partial charge in [0.15, 0.2) is 5.82 Å². The van der Waals surface area contributed by atoms with Crippen molar-refractivity contribution >= 4 is 5.91 Å². The van der Waals surface area contributed by atoms with E-state index in [4.69, 9.17) is 0 Å². The molecule has 130 valence electrons. The minimum absolute atomic E-state index is 0.0373. The van der Waals surface area contributed by atoms with Gasteiger partial charge in [-0.3, -0.25) is 9.69 Å². The highest BCUT2D eigenvalue weighted by Gasteiger charge is 2.20. The van der Waals surface area contributed by atoms with Crippen LogP contribution in [0.3, 0.4) is 0 Å². The van der Waals surface area contributed by atoms with Crippen LogP contribution in [-0.4, -0.2) is 75.2 Å². The van der Waals surface area contributed by atoms with Gasteiger partial charge < -0.3 is 10.2 Å². The second kappa shape index (κ2) is 8.35. The third-order valence-electron chi connectivity index (χ3n) is 4.63. The van der Waals surface area contributed by atoms with Crippen LogP contribution in [0.25, 0.3) is 0 Å². The Morgan fingerprint density at radius 1 is 1.43 bits per heavy atom. The van der Waals surface area contributed by atoms with Gasteiger partial charge in [0.05, 0.1) is 6.54 Å². The maximum absolute atomic E-state index is 12.2. The van der Waals surface area contributed by atoms with Gasteiger partial charge in [-0.25, -0.2) is 4.68 Å². The van der Waals surface area contributed by atoms with Gasteiger partial charge in [0, 0.05) is 18.6 Å². The van der Waals surface area contributed by atoms with Crippen LogP contribution in [-0.2, 0) is 17.9 Å². The van der Waals surface area contributed by atoms with Crippen molar-refractivity contribution in [3.63, 3.8) is 0 Å². The summed E-state index contributed by atoms with van der Waals surface area (Å²) in [4.78, 5) is 16.6. The Bertz CT molecular complexity index is 502. The molecule has 1 aromatic rings. The minimum Gasteiger partial charge on any atom is -0.353 e. The molecule has 1 atom stereocenters. The molecule has 1 N–H and O–H groups in total. The topological polar surface area (TPSA) is 79.2 Å². The maximum atomic E-state index is 12.2. The van der Waals surface area contributed by atoms with E-state index < -0.39 is 0 Å². The fraction of sp³-hybridized carbons (Fsp3) is 0.867. The zero-order valence-corrected chi connectivity index (χ0v) is 14.7. The van der Waals surface area contributed by atoms with Crippen LogP contribution in [0.2, 0.25) is 0 Å². The average Bonchev–Trinajstić information content (AvgIpc) is 2.93. The van der Waals surface area contributed by atoms with E-state index in [2.05, 4.69) is 51.5 Å². The number of rotatable bonds is 7. The zero-order chi connectivity index (χ0) is 16.8. The monoisotopic (exact) mass is 323 g/mol. The van der Waals surface area contributed by atoms with Gasteiger partial charge in [-0.2, -0.15) is 0 Å². The Balaban J connectivity index is 1.82. The average molecular weight is 323 g/mol. The molecule has 1 unspecified atom stereocenters. The van der Waals surface area contributed by atoms with Gasteiger partial charge in [-0.1, -0.05) is 6.42 Å². The van der Waals surface area contributed by atoms with E-state index in [1.165, 1.54) is 12.8 Å². The standard InChI is InChI=1S/C15H29N7O/c1-12(2)21(4)10-14-17-18-19-22(14)11-15(23)16-9-13-7-5-6-8-20(13)3/h12-13H,5-11H2,1-4H3,(H,16,23). The molecule has 1 fully saturated rings. The van der Waals surface area contributed by atoms with Gasteiger partial charge >= 0.3 is 0 Å². The van der Waals surface area contributed by atoms with Crippen molar-refractivity contribution in [1.29, 1.82) is 0 Å². The van der Waals surface area contributed by atoms with E-state index in [1.54, 1.807) is 4.68 Å². The third kappa shape index (κ3) is 5.24. The predicted molar refractivity (Wildman–Crippen MR) is 87.7 cm³/mol. The molecule has 2 rings (SSSR count). The molecule has 23 heavy (non-hydrogen) atoms. The largest absolute Gasteiger partial charge is 0.353 e. The summed E-state index contributed by atoms with van der Waals surface area (Å²) in [5.74, 6) is 0.677. The number of likely N-dealkylation sites (tertiary alicyclic amines) is 1. The van der Waals surface area contributed by atoms with Crippen LogP contribution in [0.4, 0.5) is 0 Å². The quantitative estimate of drug-likeness (QED) is 0.767. The van der Waals surface area contributed by atoms with Gasteiger partial charge in [0.1, 0.15) is 6.54 Å². The van der Waals surface area contributed by atoms with E-state index >= 15 is 0 Å². The van der Waals surface area contributed by atoms with Crippen LogP contribution in [0.5, 0.6) is 0 Å². The SMILES string of the molecule is CC(C)N(C)Cc1nnnn1CC(=O)NCC1CCCCN1C. The minimum atomic E-state index is -0.0373. The third-order valence-corrected chi connectivity index (χ3v) is 4.63. The fourth-order valence-electron chi connectivity index (χ4n) is 2.69. The molecule has 0 spiro atoms. The Morgan fingerprint density at radius 3 is 2.91 bits per heavy atom. The normalized spacial score (nSPS) is 19.5. The Labute approximate surface area is 138 Å². The van der Waals surface area contributed by atoms with Crippen molar-refractivity contribution in [3.05, 3.63) is 5.82 Å². The van der Waals surface area contributed by atoms with E-state index in [0.29, 0.717) is 31.0 Å². The lowest BCUT2D eigenvalue weighted by Gasteiger charge is -2.32. The number of likely N-dealkylation sites (N-methyl/N-ethyl adjacent to an activating group) is 1. The first kappa shape index (κ1) is 17.8. The lowest BCUT2D eigenvalue weighted by molar-refractivity contribution is -0.122. The van der Waals surface area contributed by atoms with E-state index in [1.807, 2.05) is 7.05 Å². The fourth-order valence-corrected chi connectivity index (χ4v) is 2.69. The first-order chi connectivity index (χ1) is 11.0. The van der Waals surface area contributed by atoms with Gasteiger partial charge in [0.25, 0.3) is 0 Å². The second-order valence-electron chi connectivity index (χ2n) is 6.70. The Hall–Kier alpha value is -1.54. The maximum Gasteiger partial charge on any atom is 0.241 e. The summed E-state index contributed by atoms with van der Waals surface area (Å²) in [6, 6.07) is 0.837. The molecule has 8 heteroatoms. The molecule has 1 aliphatic heterocycles. The summed E-state index contributed by atoms with van der Waals surface area (Å²) >= 11 is 0. The van der Waals surface area contributed by atoms with Gasteiger partial charge in [-0.15, -0.1) is 5.10 Å². The number of tetrazole rings is 1. The number of carbonyl (C=O) groups excluding carboxylic acids is 1. The molecule has 1 saturated heterocycles. The summed E-state index contributed by atoms with van der Waals surface area (Å²) in [6.45, 7) is 6.83. The van der Waals surface area contributed by atoms with Crippen molar-refractivity contribution < 1.29 is 4.79 Å². The molecule has 0 aromatic carbocycles.